The zero-order valence-electron chi connectivity index (χ0n) is 16.1. The van der Waals surface area contributed by atoms with E-state index in [9.17, 15) is 9.90 Å². The van der Waals surface area contributed by atoms with Crippen LogP contribution in [0, 0.1) is 40.4 Å². The minimum atomic E-state index is -0.299. The van der Waals surface area contributed by atoms with Gasteiger partial charge in [0.05, 0.1) is 0 Å². The molecule has 0 heterocycles. The van der Waals surface area contributed by atoms with Gasteiger partial charge < -0.3 is 5.11 Å². The van der Waals surface area contributed by atoms with Crippen LogP contribution in [0.5, 0.6) is 0 Å². The van der Waals surface area contributed by atoms with Crippen LogP contribution in [0.15, 0.2) is 0 Å². The quantitative estimate of drug-likeness (QED) is 0.657. The Morgan fingerprint density at radius 1 is 0.917 bits per heavy atom. The van der Waals surface area contributed by atoms with Crippen LogP contribution in [0.3, 0.4) is 0 Å². The molecular weight excluding hydrogens is 323 g/mol. The summed E-state index contributed by atoms with van der Waals surface area (Å²) in [5.41, 5.74) is 0.686. The van der Waals surface area contributed by atoms with Crippen molar-refractivity contribution in [3.63, 3.8) is 0 Å². The summed E-state index contributed by atoms with van der Waals surface area (Å²) in [5, 5.41) is 12.0. The normalized spacial score (nSPS) is 53.3. The predicted molar refractivity (Wildman–Crippen MR) is 89.7 cm³/mol. The van der Waals surface area contributed by atoms with Gasteiger partial charge in [-0.05, 0) is 86.4 Å². The molecule has 4 aliphatic rings. The van der Waals surface area contributed by atoms with Gasteiger partial charge in [-0.25, -0.2) is 0 Å². The summed E-state index contributed by atoms with van der Waals surface area (Å²) < 4.78 is 0. The van der Waals surface area contributed by atoms with E-state index >= 15 is 0 Å². The van der Waals surface area contributed by atoms with Crippen molar-refractivity contribution in [3.05, 3.63) is 0 Å². The molecule has 4 aliphatic carbocycles. The predicted octanol–water partition coefficient (Wildman–Crippen LogP) is 0.967. The van der Waals surface area contributed by atoms with Crippen molar-refractivity contribution >= 4 is 5.78 Å². The fourth-order valence-corrected chi connectivity index (χ4v) is 7.89. The molecule has 8 unspecified atom stereocenters. The Morgan fingerprint density at radius 2 is 1.58 bits per heavy atom. The Hall–Kier alpha value is 1.27. The van der Waals surface area contributed by atoms with E-state index in [0.29, 0.717) is 23.0 Å². The Balaban J connectivity index is 0.00000169. The number of hydrogen-bond acceptors (Lipinski definition) is 2. The molecule has 8 atom stereocenters. The van der Waals surface area contributed by atoms with E-state index in [1.165, 1.54) is 32.1 Å². The third kappa shape index (κ3) is 2.88. The first-order valence-electron chi connectivity index (χ1n) is 10.0. The van der Waals surface area contributed by atoms with E-state index in [2.05, 4.69) is 13.8 Å². The van der Waals surface area contributed by atoms with Gasteiger partial charge in [-0.1, -0.05) is 26.7 Å². The molecule has 4 fully saturated rings. The number of Topliss-reactive ketones (excluding diaryl/α,β-unsaturated/α-hetero) is 1. The van der Waals surface area contributed by atoms with Crippen LogP contribution < -0.4 is 56.5 Å². The van der Waals surface area contributed by atoms with E-state index in [-0.39, 0.29) is 62.9 Å². The molecule has 0 aromatic heterocycles. The second-order valence-corrected chi connectivity index (χ2v) is 9.84. The molecule has 130 valence electrons. The van der Waals surface area contributed by atoms with Gasteiger partial charge >= 0.3 is 51.4 Å². The molecule has 3 heteroatoms. The molecule has 0 spiro atoms. The van der Waals surface area contributed by atoms with Crippen molar-refractivity contribution in [1.82, 2.24) is 0 Å². The van der Waals surface area contributed by atoms with E-state index in [1.807, 2.05) is 6.92 Å². The molecule has 24 heavy (non-hydrogen) atoms. The van der Waals surface area contributed by atoms with Gasteiger partial charge in [0, 0.05) is 5.92 Å². The summed E-state index contributed by atoms with van der Waals surface area (Å²) in [7, 11) is 0. The second-order valence-electron chi connectivity index (χ2n) is 9.84. The number of fused-ring (bicyclic) bond motifs is 5. The molecule has 0 aromatic rings. The maximum absolute atomic E-state index is 12.2. The van der Waals surface area contributed by atoms with Gasteiger partial charge in [-0.2, -0.15) is 0 Å². The van der Waals surface area contributed by atoms with Gasteiger partial charge in [0.2, 0.25) is 0 Å². The first-order valence-corrected chi connectivity index (χ1v) is 10.0. The van der Waals surface area contributed by atoms with Gasteiger partial charge in [-0.3, -0.25) is 4.79 Å². The van der Waals surface area contributed by atoms with E-state index in [0.717, 1.165) is 43.4 Å². The average molecular weight is 357 g/mol. The van der Waals surface area contributed by atoms with Crippen molar-refractivity contribution in [2.24, 2.45) is 40.4 Å². The third-order valence-electron chi connectivity index (χ3n) is 9.11. The molecule has 0 bridgehead atoms. The number of hydrogen-bond donors (Lipinski definition) is 0. The van der Waals surface area contributed by atoms with Crippen molar-refractivity contribution < 1.29 is 61.3 Å². The minimum Gasteiger partial charge on any atom is -0.852 e. The zero-order chi connectivity index (χ0) is 16.4. The molecule has 0 radical (unpaired) electrons. The van der Waals surface area contributed by atoms with Crippen LogP contribution in [-0.4, -0.2) is 11.9 Å². The summed E-state index contributed by atoms with van der Waals surface area (Å²) in [6.07, 6.45) is 10.2. The topological polar surface area (TPSA) is 40.1 Å². The maximum Gasteiger partial charge on any atom is 1.00 e. The Morgan fingerprint density at radius 3 is 2.29 bits per heavy atom. The fourth-order valence-electron chi connectivity index (χ4n) is 7.89. The number of carbonyl (C=O) groups is 1. The Labute approximate surface area is 190 Å². The molecule has 0 aromatic carbocycles. The number of ketones is 1. The molecule has 4 rings (SSSR count). The second kappa shape index (κ2) is 7.02. The summed E-state index contributed by atoms with van der Waals surface area (Å²) in [6.45, 7) is 6.76. The summed E-state index contributed by atoms with van der Waals surface area (Å²) in [5.74, 6) is 3.82. The van der Waals surface area contributed by atoms with Crippen LogP contribution in [0.2, 0.25) is 0 Å². The molecule has 4 saturated carbocycles. The van der Waals surface area contributed by atoms with E-state index < -0.39 is 0 Å². The van der Waals surface area contributed by atoms with Crippen LogP contribution in [0.25, 0.3) is 0 Å². The van der Waals surface area contributed by atoms with Crippen molar-refractivity contribution in [1.29, 1.82) is 0 Å². The Bertz CT molecular complexity index is 506. The summed E-state index contributed by atoms with van der Waals surface area (Å²) in [6, 6.07) is 0. The maximum atomic E-state index is 12.2. The summed E-state index contributed by atoms with van der Waals surface area (Å²) in [4.78, 5) is 12.2. The van der Waals surface area contributed by atoms with Gasteiger partial charge in [-0.15, -0.1) is 6.10 Å². The first kappa shape index (κ1) is 20.0. The average Bonchev–Trinajstić information content (AvgIpc) is 2.85. The summed E-state index contributed by atoms with van der Waals surface area (Å²) >= 11 is 0. The van der Waals surface area contributed by atoms with Gasteiger partial charge in [0.25, 0.3) is 0 Å². The Kier molecular flexibility index (Phi) is 5.85. The molecule has 0 N–H and O–H groups in total. The van der Waals surface area contributed by atoms with Gasteiger partial charge in [0.15, 0.2) is 0 Å². The number of rotatable bonds is 1. The molecular formula is C21H33KO2. The molecule has 0 aliphatic heterocycles. The standard InChI is InChI=1S/C21H33O2.K/c1-13(22)17-6-7-18-16-5-4-14-12-15(23)8-10-20(14,2)19(16)9-11-21(17,18)3;/h14-19H,4-12H2,1-3H3;/q-1;+1. The van der Waals surface area contributed by atoms with Crippen LogP contribution in [-0.2, 0) is 4.79 Å². The molecule has 0 amide bonds. The van der Waals surface area contributed by atoms with Crippen molar-refractivity contribution in [2.75, 3.05) is 0 Å². The van der Waals surface area contributed by atoms with E-state index in [4.69, 9.17) is 0 Å². The minimum absolute atomic E-state index is 0. The van der Waals surface area contributed by atoms with Crippen molar-refractivity contribution in [2.45, 2.75) is 84.7 Å². The van der Waals surface area contributed by atoms with Crippen molar-refractivity contribution in [3.8, 4) is 0 Å². The van der Waals surface area contributed by atoms with Crippen LogP contribution in [0.1, 0.15) is 78.6 Å². The molecule has 0 saturated heterocycles. The molecule has 2 nitrogen and oxygen atoms in total. The largest absolute Gasteiger partial charge is 1.00 e. The van der Waals surface area contributed by atoms with Crippen LogP contribution in [0.4, 0.5) is 0 Å². The zero-order valence-corrected chi connectivity index (χ0v) is 19.3. The number of carbonyl (C=O) groups excluding carboxylic acids is 1. The van der Waals surface area contributed by atoms with Gasteiger partial charge in [0.1, 0.15) is 5.78 Å². The first-order chi connectivity index (χ1) is 10.9. The van der Waals surface area contributed by atoms with E-state index in [1.54, 1.807) is 0 Å². The smallest absolute Gasteiger partial charge is 0.852 e. The third-order valence-corrected chi connectivity index (χ3v) is 9.11. The monoisotopic (exact) mass is 356 g/mol. The fraction of sp³-hybridized carbons (Fsp3) is 0.952. The van der Waals surface area contributed by atoms with Crippen LogP contribution >= 0.6 is 0 Å². The SMILES string of the molecule is CC(=O)C1CCC2C3CCC4CC([O-])CCC4(C)C3CCC12C.[K+].